The molecule has 5 nitrogen and oxygen atoms in total. The SMILES string of the molecule is Cc1sc2ccc(Cl)cc2c(=O)c1NOC(=O)C(C)(c1ccccc1)N1CCCC1. The van der Waals surface area contributed by atoms with Crippen LogP contribution < -0.4 is 10.9 Å². The smallest absolute Gasteiger partial charge is 0.341 e. The van der Waals surface area contributed by atoms with Gasteiger partial charge in [0.1, 0.15) is 11.2 Å². The largest absolute Gasteiger partial charge is 0.356 e. The molecule has 0 aliphatic carbocycles. The first-order valence-corrected chi connectivity index (χ1v) is 11.1. The van der Waals surface area contributed by atoms with Crippen molar-refractivity contribution in [2.24, 2.45) is 0 Å². The Bertz CT molecular complexity index is 1140. The number of aryl methyl sites for hydroxylation is 1. The third-order valence-corrected chi connectivity index (χ3v) is 7.07. The molecule has 1 unspecified atom stereocenters. The van der Waals surface area contributed by atoms with Crippen LogP contribution >= 0.6 is 22.9 Å². The van der Waals surface area contributed by atoms with Gasteiger partial charge in [-0.25, -0.2) is 10.3 Å². The minimum atomic E-state index is -0.939. The first kappa shape index (κ1) is 20.8. The van der Waals surface area contributed by atoms with E-state index in [0.29, 0.717) is 10.4 Å². The van der Waals surface area contributed by atoms with E-state index in [0.717, 1.165) is 41.1 Å². The van der Waals surface area contributed by atoms with Crippen LogP contribution in [0.25, 0.3) is 10.1 Å². The predicted octanol–water partition coefficient (Wildman–Crippen LogP) is 5.10. The number of hydrogen-bond acceptors (Lipinski definition) is 6. The highest BCUT2D eigenvalue weighted by atomic mass is 35.5. The average Bonchev–Trinajstić information content (AvgIpc) is 3.29. The van der Waals surface area contributed by atoms with E-state index in [4.69, 9.17) is 16.4 Å². The first-order chi connectivity index (χ1) is 14.4. The van der Waals surface area contributed by atoms with Crippen LogP contribution in [0.1, 0.15) is 30.2 Å². The second-order valence-electron chi connectivity index (χ2n) is 7.63. The first-order valence-electron chi connectivity index (χ1n) is 9.92. The van der Waals surface area contributed by atoms with Gasteiger partial charge < -0.3 is 4.84 Å². The number of carbonyl (C=O) groups is 1. The zero-order valence-electron chi connectivity index (χ0n) is 16.9. The van der Waals surface area contributed by atoms with Crippen molar-refractivity contribution in [3.05, 3.63) is 74.2 Å². The Morgan fingerprint density at radius 1 is 1.17 bits per heavy atom. The zero-order chi connectivity index (χ0) is 21.3. The molecule has 0 radical (unpaired) electrons. The molecule has 0 spiro atoms. The summed E-state index contributed by atoms with van der Waals surface area (Å²) in [6.45, 7) is 5.35. The second kappa shape index (κ2) is 8.38. The molecule has 4 rings (SSSR count). The molecule has 2 aromatic carbocycles. The summed E-state index contributed by atoms with van der Waals surface area (Å²) in [5.41, 5.74) is 2.62. The minimum Gasteiger partial charge on any atom is -0.341 e. The Labute approximate surface area is 184 Å². The van der Waals surface area contributed by atoms with E-state index >= 15 is 0 Å². The number of benzene rings is 2. The van der Waals surface area contributed by atoms with E-state index in [1.165, 1.54) is 11.3 Å². The van der Waals surface area contributed by atoms with Crippen molar-refractivity contribution < 1.29 is 9.63 Å². The van der Waals surface area contributed by atoms with Gasteiger partial charge in [0.05, 0.1) is 0 Å². The number of rotatable bonds is 5. The number of nitrogens with zero attached hydrogens (tertiary/aromatic N) is 1. The molecule has 1 atom stereocenters. The number of carbonyl (C=O) groups excluding carboxylic acids is 1. The summed E-state index contributed by atoms with van der Waals surface area (Å²) in [4.78, 5) is 34.7. The van der Waals surface area contributed by atoms with Crippen molar-refractivity contribution in [3.63, 3.8) is 0 Å². The molecule has 0 bridgehead atoms. The summed E-state index contributed by atoms with van der Waals surface area (Å²) in [6, 6.07) is 14.8. The maximum Gasteiger partial charge on any atom is 0.356 e. The molecule has 1 saturated heterocycles. The quantitative estimate of drug-likeness (QED) is 0.557. The summed E-state index contributed by atoms with van der Waals surface area (Å²) in [6.07, 6.45) is 2.08. The highest BCUT2D eigenvalue weighted by molar-refractivity contribution is 7.18. The lowest BCUT2D eigenvalue weighted by atomic mass is 9.90. The van der Waals surface area contributed by atoms with Crippen LogP contribution in [-0.2, 0) is 15.2 Å². The Balaban J connectivity index is 1.65. The molecule has 2 heterocycles. The number of likely N-dealkylation sites (tertiary alicyclic amines) is 1. The van der Waals surface area contributed by atoms with Crippen LogP contribution in [0.5, 0.6) is 0 Å². The number of nitrogens with one attached hydrogen (secondary N) is 1. The van der Waals surface area contributed by atoms with Crippen LogP contribution in [0.15, 0.2) is 53.3 Å². The van der Waals surface area contributed by atoms with Gasteiger partial charge in [-0.3, -0.25) is 9.69 Å². The zero-order valence-corrected chi connectivity index (χ0v) is 18.5. The molecular formula is C23H23ClN2O3S. The summed E-state index contributed by atoms with van der Waals surface area (Å²) < 4.78 is 0.838. The van der Waals surface area contributed by atoms with Crippen molar-refractivity contribution in [1.82, 2.24) is 4.90 Å². The standard InChI is InChI=1S/C23H23ClN2O3S/c1-15-20(21(27)18-14-17(24)10-11-19(18)30-15)25-29-22(28)23(2,26-12-6-7-13-26)16-8-4-3-5-9-16/h3-5,8-11,14,25H,6-7,12-13H2,1-2H3. The van der Waals surface area contributed by atoms with Crippen molar-refractivity contribution in [3.8, 4) is 0 Å². The Hall–Kier alpha value is -2.41. The fourth-order valence-corrected chi connectivity index (χ4v) is 5.09. The van der Waals surface area contributed by atoms with Gasteiger partial charge in [-0.2, -0.15) is 0 Å². The van der Waals surface area contributed by atoms with Crippen LogP contribution in [-0.4, -0.2) is 24.0 Å². The summed E-state index contributed by atoms with van der Waals surface area (Å²) in [7, 11) is 0. The highest BCUT2D eigenvalue weighted by Gasteiger charge is 2.44. The van der Waals surface area contributed by atoms with Gasteiger partial charge in [0.2, 0.25) is 5.43 Å². The molecule has 3 aromatic rings. The Morgan fingerprint density at radius 3 is 2.57 bits per heavy atom. The number of fused-ring (bicyclic) bond motifs is 1. The van der Waals surface area contributed by atoms with Gasteiger partial charge in [0.25, 0.3) is 0 Å². The fourth-order valence-electron chi connectivity index (χ4n) is 3.95. The average molecular weight is 443 g/mol. The summed E-state index contributed by atoms with van der Waals surface area (Å²) in [5, 5.41) is 0.992. The lowest BCUT2D eigenvalue weighted by molar-refractivity contribution is -0.154. The summed E-state index contributed by atoms with van der Waals surface area (Å²) >= 11 is 7.51. The van der Waals surface area contributed by atoms with Crippen molar-refractivity contribution in [2.75, 3.05) is 18.6 Å². The molecule has 1 N–H and O–H groups in total. The van der Waals surface area contributed by atoms with Gasteiger partial charge in [0.15, 0.2) is 0 Å². The molecule has 1 fully saturated rings. The monoisotopic (exact) mass is 442 g/mol. The van der Waals surface area contributed by atoms with Gasteiger partial charge in [0, 0.05) is 20.0 Å². The molecule has 7 heteroatoms. The van der Waals surface area contributed by atoms with Crippen molar-refractivity contribution >= 4 is 44.7 Å². The Kier molecular flexibility index (Phi) is 5.82. The van der Waals surface area contributed by atoms with E-state index in [1.807, 2.05) is 50.2 Å². The van der Waals surface area contributed by atoms with E-state index in [-0.39, 0.29) is 11.1 Å². The summed E-state index contributed by atoms with van der Waals surface area (Å²) in [5.74, 6) is -0.439. The van der Waals surface area contributed by atoms with E-state index < -0.39 is 11.5 Å². The second-order valence-corrected chi connectivity index (χ2v) is 9.32. The molecule has 0 amide bonds. The van der Waals surface area contributed by atoms with Gasteiger partial charge in [-0.1, -0.05) is 41.9 Å². The predicted molar refractivity (Wildman–Crippen MR) is 122 cm³/mol. The van der Waals surface area contributed by atoms with Gasteiger partial charge in [-0.05, 0) is 63.5 Å². The third-order valence-electron chi connectivity index (χ3n) is 5.75. The van der Waals surface area contributed by atoms with Crippen molar-refractivity contribution in [2.45, 2.75) is 32.2 Å². The van der Waals surface area contributed by atoms with Gasteiger partial charge >= 0.3 is 5.97 Å². The van der Waals surface area contributed by atoms with E-state index in [2.05, 4.69) is 10.4 Å². The molecule has 0 saturated carbocycles. The molecule has 1 aliphatic heterocycles. The molecule has 156 valence electrons. The lowest BCUT2D eigenvalue weighted by Gasteiger charge is -2.36. The fraction of sp³-hybridized carbons (Fsp3) is 0.304. The molecule has 30 heavy (non-hydrogen) atoms. The lowest BCUT2D eigenvalue weighted by Crippen LogP contribution is -2.50. The number of hydrogen-bond donors (Lipinski definition) is 1. The normalized spacial score (nSPS) is 16.4. The number of halogens is 1. The molecule has 1 aromatic heterocycles. The van der Waals surface area contributed by atoms with Crippen LogP contribution in [0.3, 0.4) is 0 Å². The maximum absolute atomic E-state index is 13.3. The van der Waals surface area contributed by atoms with Crippen LogP contribution in [0, 0.1) is 6.92 Å². The van der Waals surface area contributed by atoms with E-state index in [9.17, 15) is 9.59 Å². The Morgan fingerprint density at radius 2 is 1.87 bits per heavy atom. The minimum absolute atomic E-state index is 0.237. The maximum atomic E-state index is 13.3. The van der Waals surface area contributed by atoms with Gasteiger partial charge in [-0.15, -0.1) is 11.3 Å². The van der Waals surface area contributed by atoms with E-state index in [1.54, 1.807) is 12.1 Å². The topological polar surface area (TPSA) is 58.6 Å². The van der Waals surface area contributed by atoms with Crippen LogP contribution in [0.2, 0.25) is 5.02 Å². The van der Waals surface area contributed by atoms with Crippen molar-refractivity contribution in [1.29, 1.82) is 0 Å². The molecule has 1 aliphatic rings. The molecular weight excluding hydrogens is 420 g/mol. The van der Waals surface area contributed by atoms with Crippen LogP contribution in [0.4, 0.5) is 5.69 Å². The highest BCUT2D eigenvalue weighted by Crippen LogP contribution is 2.33. The third kappa shape index (κ3) is 3.71. The number of anilines is 1.